The number of nitrogens with one attached hydrogen (secondary N) is 1. The van der Waals surface area contributed by atoms with Crippen molar-refractivity contribution in [3.8, 4) is 0 Å². The number of benzene rings is 2. The van der Waals surface area contributed by atoms with Gasteiger partial charge in [0.25, 0.3) is 0 Å². The Morgan fingerprint density at radius 2 is 2.00 bits per heavy atom. The molecule has 1 aliphatic heterocycles. The zero-order valence-electron chi connectivity index (χ0n) is 11.9. The molecule has 1 N–H and O–H groups in total. The van der Waals surface area contributed by atoms with E-state index in [4.69, 9.17) is 23.2 Å². The average molecular weight is 371 g/mol. The minimum absolute atomic E-state index is 0.158. The van der Waals surface area contributed by atoms with Crippen LogP contribution in [0.4, 0.5) is 14.9 Å². The van der Waals surface area contributed by atoms with E-state index in [2.05, 4.69) is 5.32 Å². The summed E-state index contributed by atoms with van der Waals surface area (Å²) < 4.78 is 13.7. The number of hydrogen-bond acceptors (Lipinski definition) is 2. The summed E-state index contributed by atoms with van der Waals surface area (Å²) in [5, 5.41) is 3.26. The molecular formula is C16H13Cl2FN2OS. The first kappa shape index (κ1) is 16.4. The number of carbonyl (C=O) groups is 1. The van der Waals surface area contributed by atoms with E-state index < -0.39 is 5.82 Å². The monoisotopic (exact) mass is 370 g/mol. The molecule has 2 aromatic rings. The molecule has 1 fully saturated rings. The maximum atomic E-state index is 13.7. The lowest BCUT2D eigenvalue weighted by molar-refractivity contribution is 0.214. The summed E-state index contributed by atoms with van der Waals surface area (Å²) in [5.41, 5.74) is 0.940. The van der Waals surface area contributed by atoms with Gasteiger partial charge < -0.3 is 10.2 Å². The van der Waals surface area contributed by atoms with Crippen LogP contribution in [0.1, 0.15) is 10.9 Å². The number of thioether (sulfide) groups is 1. The molecule has 1 atom stereocenters. The quantitative estimate of drug-likeness (QED) is 0.765. The van der Waals surface area contributed by atoms with E-state index in [1.807, 2.05) is 6.07 Å². The van der Waals surface area contributed by atoms with Crippen LogP contribution in [0.5, 0.6) is 0 Å². The first-order valence-electron chi connectivity index (χ1n) is 6.95. The number of halogens is 3. The van der Waals surface area contributed by atoms with Crippen molar-refractivity contribution in [2.24, 2.45) is 0 Å². The largest absolute Gasteiger partial charge is 0.323 e. The molecule has 0 spiro atoms. The topological polar surface area (TPSA) is 32.3 Å². The molecule has 3 nitrogen and oxygen atoms in total. The van der Waals surface area contributed by atoms with Gasteiger partial charge >= 0.3 is 6.03 Å². The maximum absolute atomic E-state index is 13.7. The van der Waals surface area contributed by atoms with Gasteiger partial charge in [-0.25, -0.2) is 9.18 Å². The van der Waals surface area contributed by atoms with E-state index in [0.29, 0.717) is 16.6 Å². The Bertz CT molecular complexity index is 744. The van der Waals surface area contributed by atoms with Crippen molar-refractivity contribution in [1.29, 1.82) is 0 Å². The van der Waals surface area contributed by atoms with Crippen molar-refractivity contribution in [2.75, 3.05) is 17.6 Å². The summed E-state index contributed by atoms with van der Waals surface area (Å²) in [6.45, 7) is 0.554. The van der Waals surface area contributed by atoms with Gasteiger partial charge in [0.05, 0.1) is 15.7 Å². The summed E-state index contributed by atoms with van der Waals surface area (Å²) in [4.78, 5) is 14.1. The predicted molar refractivity (Wildman–Crippen MR) is 93.8 cm³/mol. The SMILES string of the molecule is O=C(Nc1ccccc1F)N1CCS[C@@H]1c1cccc(Cl)c1Cl. The fourth-order valence-electron chi connectivity index (χ4n) is 2.40. The first-order valence-corrected chi connectivity index (χ1v) is 8.76. The number of amides is 2. The van der Waals surface area contributed by atoms with E-state index in [9.17, 15) is 9.18 Å². The number of carbonyl (C=O) groups excluding carboxylic acids is 1. The summed E-state index contributed by atoms with van der Waals surface area (Å²) >= 11 is 13.9. The molecule has 1 saturated heterocycles. The van der Waals surface area contributed by atoms with Gasteiger partial charge in [-0.15, -0.1) is 11.8 Å². The van der Waals surface area contributed by atoms with E-state index in [0.717, 1.165) is 11.3 Å². The molecular weight excluding hydrogens is 358 g/mol. The molecule has 23 heavy (non-hydrogen) atoms. The van der Waals surface area contributed by atoms with Crippen LogP contribution in [0, 0.1) is 5.82 Å². The fraction of sp³-hybridized carbons (Fsp3) is 0.188. The first-order chi connectivity index (χ1) is 11.1. The lowest BCUT2D eigenvalue weighted by atomic mass is 10.2. The minimum Gasteiger partial charge on any atom is -0.308 e. The normalized spacial score (nSPS) is 17.3. The third kappa shape index (κ3) is 3.42. The molecule has 1 heterocycles. The van der Waals surface area contributed by atoms with E-state index >= 15 is 0 Å². The number of anilines is 1. The number of hydrogen-bond donors (Lipinski definition) is 1. The van der Waals surface area contributed by atoms with Crippen LogP contribution in [-0.2, 0) is 0 Å². The summed E-state index contributed by atoms with van der Waals surface area (Å²) in [6, 6.07) is 11.1. The lowest BCUT2D eigenvalue weighted by Gasteiger charge is -2.25. The number of nitrogens with zero attached hydrogens (tertiary/aromatic N) is 1. The summed E-state index contributed by atoms with van der Waals surface area (Å²) in [7, 11) is 0. The fourth-order valence-corrected chi connectivity index (χ4v) is 4.15. The van der Waals surface area contributed by atoms with Gasteiger partial charge in [0.15, 0.2) is 0 Å². The molecule has 2 aromatic carbocycles. The zero-order valence-corrected chi connectivity index (χ0v) is 14.3. The van der Waals surface area contributed by atoms with Crippen LogP contribution in [-0.4, -0.2) is 23.2 Å². The average Bonchev–Trinajstić information content (AvgIpc) is 3.02. The van der Waals surface area contributed by atoms with Crippen molar-refractivity contribution < 1.29 is 9.18 Å². The molecule has 3 rings (SSSR count). The summed E-state index contributed by atoms with van der Waals surface area (Å²) in [6.07, 6.45) is 0. The molecule has 0 saturated carbocycles. The van der Waals surface area contributed by atoms with Crippen LogP contribution < -0.4 is 5.32 Å². The molecule has 7 heteroatoms. The van der Waals surface area contributed by atoms with E-state index in [1.165, 1.54) is 12.1 Å². The van der Waals surface area contributed by atoms with Crippen molar-refractivity contribution in [3.05, 3.63) is 63.9 Å². The van der Waals surface area contributed by atoms with Gasteiger partial charge in [0.1, 0.15) is 11.2 Å². The highest BCUT2D eigenvalue weighted by Gasteiger charge is 2.32. The molecule has 0 aliphatic carbocycles. The Hall–Kier alpha value is -1.43. The number of rotatable bonds is 2. The predicted octanol–water partition coefficient (Wildman–Crippen LogP) is 5.41. The smallest absolute Gasteiger partial charge is 0.308 e. The van der Waals surface area contributed by atoms with Crippen LogP contribution in [0.2, 0.25) is 10.0 Å². The summed E-state index contributed by atoms with van der Waals surface area (Å²) in [5.74, 6) is 0.308. The lowest BCUT2D eigenvalue weighted by Crippen LogP contribution is -2.34. The Morgan fingerprint density at radius 1 is 1.22 bits per heavy atom. The highest BCUT2D eigenvalue weighted by molar-refractivity contribution is 7.99. The Labute approximate surface area is 147 Å². The maximum Gasteiger partial charge on any atom is 0.323 e. The molecule has 0 aromatic heterocycles. The standard InChI is InChI=1S/C16H13Cl2FN2OS/c17-11-5-3-4-10(14(11)18)15-21(8-9-23-15)16(22)20-13-7-2-1-6-12(13)19/h1-7,15H,8-9H2,(H,20,22)/t15-/m1/s1. The second-order valence-electron chi connectivity index (χ2n) is 4.97. The van der Waals surface area contributed by atoms with Crippen molar-refractivity contribution in [3.63, 3.8) is 0 Å². The van der Waals surface area contributed by atoms with E-state index in [-0.39, 0.29) is 17.1 Å². The van der Waals surface area contributed by atoms with Crippen LogP contribution in [0.15, 0.2) is 42.5 Å². The number of urea groups is 1. The second kappa shape index (κ2) is 6.99. The third-order valence-corrected chi connectivity index (χ3v) is 5.59. The van der Waals surface area contributed by atoms with Crippen molar-refractivity contribution >= 4 is 46.7 Å². The van der Waals surface area contributed by atoms with Crippen molar-refractivity contribution in [1.82, 2.24) is 4.90 Å². The molecule has 0 unspecified atom stereocenters. The van der Waals surface area contributed by atoms with Gasteiger partial charge in [-0.3, -0.25) is 0 Å². The van der Waals surface area contributed by atoms with Crippen LogP contribution in [0.25, 0.3) is 0 Å². The molecule has 0 radical (unpaired) electrons. The zero-order chi connectivity index (χ0) is 16.4. The molecule has 2 amide bonds. The highest BCUT2D eigenvalue weighted by Crippen LogP contribution is 2.42. The Morgan fingerprint density at radius 3 is 2.78 bits per heavy atom. The van der Waals surface area contributed by atoms with Gasteiger partial charge in [0, 0.05) is 17.9 Å². The Kier molecular flexibility index (Phi) is 4.99. The highest BCUT2D eigenvalue weighted by atomic mass is 35.5. The molecule has 120 valence electrons. The molecule has 1 aliphatic rings. The Balaban J connectivity index is 1.83. The van der Waals surface area contributed by atoms with Gasteiger partial charge in [-0.2, -0.15) is 0 Å². The van der Waals surface area contributed by atoms with Crippen LogP contribution >= 0.6 is 35.0 Å². The molecule has 0 bridgehead atoms. The van der Waals surface area contributed by atoms with Gasteiger partial charge in [-0.05, 0) is 18.2 Å². The number of para-hydroxylation sites is 1. The van der Waals surface area contributed by atoms with E-state index in [1.54, 1.807) is 40.9 Å². The van der Waals surface area contributed by atoms with Gasteiger partial charge in [-0.1, -0.05) is 47.5 Å². The minimum atomic E-state index is -0.468. The van der Waals surface area contributed by atoms with Gasteiger partial charge in [0.2, 0.25) is 0 Å². The third-order valence-electron chi connectivity index (χ3n) is 3.51. The van der Waals surface area contributed by atoms with Crippen LogP contribution in [0.3, 0.4) is 0 Å². The van der Waals surface area contributed by atoms with Crippen molar-refractivity contribution in [2.45, 2.75) is 5.37 Å². The second-order valence-corrected chi connectivity index (χ2v) is 6.94.